The van der Waals surface area contributed by atoms with Crippen molar-refractivity contribution in [1.82, 2.24) is 24.4 Å². The number of aryl methyl sites for hydroxylation is 1. The lowest BCUT2D eigenvalue weighted by molar-refractivity contribution is -0.129. The number of hydrogen-bond donors (Lipinski definition) is 1. The second kappa shape index (κ2) is 9.67. The first-order valence-corrected chi connectivity index (χ1v) is 11.9. The molecule has 1 aliphatic heterocycles. The highest BCUT2D eigenvalue weighted by Crippen LogP contribution is 2.31. The Morgan fingerprint density at radius 1 is 1.20 bits per heavy atom. The molecule has 2 aromatic rings. The molecule has 3 rings (SSSR count). The predicted octanol–water partition coefficient (Wildman–Crippen LogP) is 1.01. The van der Waals surface area contributed by atoms with Crippen LogP contribution >= 0.6 is 11.8 Å². The van der Waals surface area contributed by atoms with Gasteiger partial charge in [0.1, 0.15) is 22.2 Å². The molecule has 1 N–H and O–H groups in total. The topological polar surface area (TPSA) is 118 Å². The molecule has 0 radical (unpaired) electrons. The van der Waals surface area contributed by atoms with Crippen LogP contribution < -0.4 is 9.47 Å². The standard InChI is InChI=1S/C18H25N5O5S2/c1-4-16-19-18(21-20-16)29-12-17(24)22-7-9-23(10-8-22)30(25,26)15-11-13(27-2)5-6-14(15)28-3/h5-6,11H,4,7-10,12H2,1-3H3,(H,19,20,21). The van der Waals surface area contributed by atoms with Crippen molar-refractivity contribution in [3.63, 3.8) is 0 Å². The van der Waals surface area contributed by atoms with Crippen molar-refractivity contribution in [2.75, 3.05) is 46.2 Å². The molecule has 1 aromatic heterocycles. The quantitative estimate of drug-likeness (QED) is 0.586. The number of amides is 1. The predicted molar refractivity (Wildman–Crippen MR) is 111 cm³/mol. The number of benzene rings is 1. The molecule has 164 valence electrons. The third kappa shape index (κ3) is 4.87. The average Bonchev–Trinajstić information content (AvgIpc) is 3.25. The summed E-state index contributed by atoms with van der Waals surface area (Å²) in [5, 5.41) is 7.41. The molecule has 10 nitrogen and oxygen atoms in total. The summed E-state index contributed by atoms with van der Waals surface area (Å²) in [7, 11) is -0.883. The number of nitrogens with zero attached hydrogens (tertiary/aromatic N) is 4. The van der Waals surface area contributed by atoms with E-state index in [0.29, 0.717) is 24.0 Å². The van der Waals surface area contributed by atoms with E-state index in [1.807, 2.05) is 6.92 Å². The number of ether oxygens (including phenoxy) is 2. The molecule has 0 atom stereocenters. The normalized spacial score (nSPS) is 15.2. The van der Waals surface area contributed by atoms with Crippen LogP contribution in [-0.2, 0) is 21.2 Å². The van der Waals surface area contributed by atoms with Crippen molar-refractivity contribution in [3.8, 4) is 11.5 Å². The molecule has 1 fully saturated rings. The minimum Gasteiger partial charge on any atom is -0.497 e. The Morgan fingerprint density at radius 3 is 2.53 bits per heavy atom. The molecule has 0 bridgehead atoms. The fraction of sp³-hybridized carbons (Fsp3) is 0.500. The molecule has 2 heterocycles. The number of aromatic nitrogens is 3. The average molecular weight is 456 g/mol. The van der Waals surface area contributed by atoms with Gasteiger partial charge in [0.05, 0.1) is 20.0 Å². The Kier molecular flexibility index (Phi) is 7.21. The largest absolute Gasteiger partial charge is 0.497 e. The van der Waals surface area contributed by atoms with Crippen molar-refractivity contribution in [3.05, 3.63) is 24.0 Å². The van der Waals surface area contributed by atoms with Gasteiger partial charge in [-0.25, -0.2) is 13.4 Å². The monoisotopic (exact) mass is 455 g/mol. The number of nitrogens with one attached hydrogen (secondary N) is 1. The van der Waals surface area contributed by atoms with Crippen LogP contribution in [-0.4, -0.2) is 84.9 Å². The van der Waals surface area contributed by atoms with E-state index in [2.05, 4.69) is 15.2 Å². The highest BCUT2D eigenvalue weighted by molar-refractivity contribution is 7.99. The van der Waals surface area contributed by atoms with Crippen molar-refractivity contribution >= 4 is 27.7 Å². The molecular formula is C18H25N5O5S2. The van der Waals surface area contributed by atoms with Gasteiger partial charge in [0.2, 0.25) is 21.1 Å². The van der Waals surface area contributed by atoms with Gasteiger partial charge in [-0.15, -0.1) is 5.10 Å². The summed E-state index contributed by atoms with van der Waals surface area (Å²) in [4.78, 5) is 18.5. The molecule has 0 unspecified atom stereocenters. The summed E-state index contributed by atoms with van der Waals surface area (Å²) in [6.07, 6.45) is 0.746. The molecular weight excluding hydrogens is 430 g/mol. The van der Waals surface area contributed by atoms with E-state index in [1.54, 1.807) is 17.0 Å². The molecule has 1 aromatic carbocycles. The summed E-state index contributed by atoms with van der Waals surface area (Å²) in [6, 6.07) is 4.66. The molecule has 0 saturated carbocycles. The van der Waals surface area contributed by atoms with E-state index in [-0.39, 0.29) is 35.4 Å². The van der Waals surface area contributed by atoms with E-state index in [4.69, 9.17) is 9.47 Å². The fourth-order valence-corrected chi connectivity index (χ4v) is 5.33. The summed E-state index contributed by atoms with van der Waals surface area (Å²) < 4.78 is 38.0. The fourth-order valence-electron chi connectivity index (χ4n) is 3.02. The van der Waals surface area contributed by atoms with Crippen LogP contribution in [0.3, 0.4) is 0 Å². The lowest BCUT2D eigenvalue weighted by Crippen LogP contribution is -2.51. The highest BCUT2D eigenvalue weighted by Gasteiger charge is 2.32. The third-order valence-corrected chi connectivity index (χ3v) is 7.50. The first kappa shape index (κ1) is 22.4. The maximum Gasteiger partial charge on any atom is 0.247 e. The van der Waals surface area contributed by atoms with Crippen LogP contribution in [0.1, 0.15) is 12.7 Å². The number of methoxy groups -OCH3 is 2. The molecule has 0 spiro atoms. The van der Waals surface area contributed by atoms with Crippen LogP contribution in [0.5, 0.6) is 11.5 Å². The van der Waals surface area contributed by atoms with Gasteiger partial charge < -0.3 is 14.4 Å². The number of carbonyl (C=O) groups is 1. The molecule has 12 heteroatoms. The summed E-state index contributed by atoms with van der Waals surface area (Å²) in [5.41, 5.74) is 0. The van der Waals surface area contributed by atoms with Gasteiger partial charge in [0.15, 0.2) is 0 Å². The molecule has 0 aliphatic carbocycles. The van der Waals surface area contributed by atoms with Crippen molar-refractivity contribution < 1.29 is 22.7 Å². The third-order valence-electron chi connectivity index (χ3n) is 4.75. The molecule has 30 heavy (non-hydrogen) atoms. The van der Waals surface area contributed by atoms with E-state index < -0.39 is 10.0 Å². The second-order valence-electron chi connectivity index (χ2n) is 6.51. The Bertz CT molecular complexity index is 987. The van der Waals surface area contributed by atoms with E-state index in [1.165, 1.54) is 36.4 Å². The summed E-state index contributed by atoms with van der Waals surface area (Å²) in [6.45, 7) is 3.02. The summed E-state index contributed by atoms with van der Waals surface area (Å²) >= 11 is 1.26. The number of H-pyrrole nitrogens is 1. The number of hydrogen-bond acceptors (Lipinski definition) is 8. The SMILES string of the molecule is CCc1nc(SCC(=O)N2CCN(S(=O)(=O)c3cc(OC)ccc3OC)CC2)n[nH]1. The van der Waals surface area contributed by atoms with Gasteiger partial charge in [0, 0.05) is 38.7 Å². The molecule has 1 saturated heterocycles. The minimum atomic E-state index is -3.78. The van der Waals surface area contributed by atoms with Gasteiger partial charge >= 0.3 is 0 Å². The van der Waals surface area contributed by atoms with Crippen molar-refractivity contribution in [2.24, 2.45) is 0 Å². The lowest BCUT2D eigenvalue weighted by atomic mass is 10.3. The zero-order valence-corrected chi connectivity index (χ0v) is 18.8. The lowest BCUT2D eigenvalue weighted by Gasteiger charge is -2.34. The smallest absolute Gasteiger partial charge is 0.247 e. The molecule has 1 aliphatic rings. The minimum absolute atomic E-state index is 0.0519. The number of carbonyl (C=O) groups excluding carboxylic acids is 1. The Morgan fingerprint density at radius 2 is 1.93 bits per heavy atom. The van der Waals surface area contributed by atoms with Crippen LogP contribution in [0.15, 0.2) is 28.3 Å². The van der Waals surface area contributed by atoms with E-state index in [0.717, 1.165) is 12.2 Å². The number of thioether (sulfide) groups is 1. The van der Waals surface area contributed by atoms with Crippen LogP contribution in [0.4, 0.5) is 0 Å². The second-order valence-corrected chi connectivity index (χ2v) is 9.36. The first-order valence-electron chi connectivity index (χ1n) is 9.43. The molecule has 1 amide bonds. The van der Waals surface area contributed by atoms with Crippen molar-refractivity contribution in [2.45, 2.75) is 23.4 Å². The van der Waals surface area contributed by atoms with Crippen LogP contribution in [0, 0.1) is 0 Å². The van der Waals surface area contributed by atoms with Crippen molar-refractivity contribution in [1.29, 1.82) is 0 Å². The van der Waals surface area contributed by atoms with Crippen LogP contribution in [0.2, 0.25) is 0 Å². The first-order chi connectivity index (χ1) is 14.4. The van der Waals surface area contributed by atoms with E-state index in [9.17, 15) is 13.2 Å². The number of aromatic amines is 1. The highest BCUT2D eigenvalue weighted by atomic mass is 32.2. The van der Waals surface area contributed by atoms with E-state index >= 15 is 0 Å². The van der Waals surface area contributed by atoms with Crippen LogP contribution in [0.25, 0.3) is 0 Å². The number of piperazine rings is 1. The maximum absolute atomic E-state index is 13.1. The van der Waals surface area contributed by atoms with Gasteiger partial charge in [-0.3, -0.25) is 9.89 Å². The number of sulfonamides is 1. The Labute approximate surface area is 180 Å². The van der Waals surface area contributed by atoms with Gasteiger partial charge in [-0.2, -0.15) is 4.31 Å². The van der Waals surface area contributed by atoms with Gasteiger partial charge in [0.25, 0.3) is 0 Å². The van der Waals surface area contributed by atoms with Gasteiger partial charge in [-0.1, -0.05) is 18.7 Å². The zero-order chi connectivity index (χ0) is 21.7. The zero-order valence-electron chi connectivity index (χ0n) is 17.1. The maximum atomic E-state index is 13.1. The Hall–Kier alpha value is -2.31. The van der Waals surface area contributed by atoms with Gasteiger partial charge in [-0.05, 0) is 12.1 Å². The number of rotatable bonds is 8. The summed E-state index contributed by atoms with van der Waals surface area (Å²) in [5.74, 6) is 1.59. The Balaban J connectivity index is 1.61.